The van der Waals surface area contributed by atoms with Crippen molar-refractivity contribution in [2.75, 3.05) is 0 Å². The van der Waals surface area contributed by atoms with Crippen molar-refractivity contribution in [1.82, 2.24) is 4.83 Å². The van der Waals surface area contributed by atoms with Gasteiger partial charge in [-0.1, -0.05) is 48.5 Å². The third-order valence-corrected chi connectivity index (χ3v) is 3.94. The van der Waals surface area contributed by atoms with Crippen LogP contribution >= 0.6 is 0 Å². The molecule has 0 saturated heterocycles. The van der Waals surface area contributed by atoms with E-state index in [0.29, 0.717) is 12.1 Å². The molecular weight excluding hydrogens is 272 g/mol. The first-order valence-electron chi connectivity index (χ1n) is 6.22. The minimum absolute atomic E-state index is 0.205. The van der Waals surface area contributed by atoms with Gasteiger partial charge in [0.15, 0.2) is 0 Å². The second-order valence-corrected chi connectivity index (χ2v) is 6.08. The van der Waals surface area contributed by atoms with Gasteiger partial charge in [-0.3, -0.25) is 0 Å². The molecule has 1 N–H and O–H groups in total. The predicted molar refractivity (Wildman–Crippen MR) is 80.0 cm³/mol. The SMILES string of the molecule is C/C(Cc1ccccc1)=N/NS(=O)(=O)c1ccccc1. The van der Waals surface area contributed by atoms with Crippen molar-refractivity contribution in [1.29, 1.82) is 0 Å². The van der Waals surface area contributed by atoms with Crippen molar-refractivity contribution in [2.45, 2.75) is 18.2 Å². The number of sulfonamides is 1. The molecule has 0 bridgehead atoms. The largest absolute Gasteiger partial charge is 0.276 e. The Labute approximate surface area is 119 Å². The Morgan fingerprint density at radius 3 is 2.15 bits per heavy atom. The minimum atomic E-state index is -3.59. The second-order valence-electron chi connectivity index (χ2n) is 4.42. The lowest BCUT2D eigenvalue weighted by atomic mass is 10.1. The summed E-state index contributed by atoms with van der Waals surface area (Å²) in [6.45, 7) is 1.79. The van der Waals surface area contributed by atoms with Gasteiger partial charge in [-0.05, 0) is 24.6 Å². The Balaban J connectivity index is 2.05. The summed E-state index contributed by atoms with van der Waals surface area (Å²) in [6, 6.07) is 18.0. The molecular formula is C15H16N2O2S. The van der Waals surface area contributed by atoms with Gasteiger partial charge in [0.1, 0.15) is 0 Å². The van der Waals surface area contributed by atoms with Gasteiger partial charge < -0.3 is 0 Å². The van der Waals surface area contributed by atoms with Gasteiger partial charge in [-0.25, -0.2) is 4.83 Å². The molecule has 2 aromatic rings. The molecule has 0 atom stereocenters. The highest BCUT2D eigenvalue weighted by Gasteiger charge is 2.11. The van der Waals surface area contributed by atoms with Crippen LogP contribution in [0.25, 0.3) is 0 Å². The van der Waals surface area contributed by atoms with E-state index >= 15 is 0 Å². The average molecular weight is 288 g/mol. The summed E-state index contributed by atoms with van der Waals surface area (Å²) in [6.07, 6.45) is 0.609. The minimum Gasteiger partial charge on any atom is -0.200 e. The number of hydrazone groups is 1. The number of hydrogen-bond donors (Lipinski definition) is 1. The standard InChI is InChI=1S/C15H16N2O2S/c1-13(12-14-8-4-2-5-9-14)16-17-20(18,19)15-10-6-3-7-11-15/h2-11,17H,12H2,1H3/b16-13-. The number of benzene rings is 2. The Kier molecular flexibility index (Phi) is 4.53. The van der Waals surface area contributed by atoms with E-state index in [1.165, 1.54) is 12.1 Å². The molecule has 2 aromatic carbocycles. The van der Waals surface area contributed by atoms with E-state index in [1.54, 1.807) is 25.1 Å². The van der Waals surface area contributed by atoms with Crippen LogP contribution in [0.5, 0.6) is 0 Å². The lowest BCUT2D eigenvalue weighted by Crippen LogP contribution is -2.20. The Bertz CT molecular complexity index is 680. The van der Waals surface area contributed by atoms with Gasteiger partial charge in [0, 0.05) is 12.1 Å². The van der Waals surface area contributed by atoms with Gasteiger partial charge >= 0.3 is 0 Å². The molecule has 20 heavy (non-hydrogen) atoms. The van der Waals surface area contributed by atoms with Crippen molar-refractivity contribution in [3.8, 4) is 0 Å². The van der Waals surface area contributed by atoms with Gasteiger partial charge in [0.05, 0.1) is 4.90 Å². The average Bonchev–Trinajstić information content (AvgIpc) is 2.47. The maximum Gasteiger partial charge on any atom is 0.276 e. The van der Waals surface area contributed by atoms with Crippen LogP contribution in [-0.2, 0) is 16.4 Å². The zero-order valence-corrected chi connectivity index (χ0v) is 12.0. The zero-order valence-electron chi connectivity index (χ0n) is 11.2. The Morgan fingerprint density at radius 1 is 1.00 bits per heavy atom. The third kappa shape index (κ3) is 3.93. The highest BCUT2D eigenvalue weighted by Crippen LogP contribution is 2.07. The highest BCUT2D eigenvalue weighted by molar-refractivity contribution is 7.89. The van der Waals surface area contributed by atoms with Crippen LogP contribution in [0.3, 0.4) is 0 Å². The van der Waals surface area contributed by atoms with Crippen molar-refractivity contribution >= 4 is 15.7 Å². The van der Waals surface area contributed by atoms with E-state index in [2.05, 4.69) is 9.93 Å². The molecule has 0 amide bonds. The molecule has 0 saturated carbocycles. The molecule has 0 radical (unpaired) electrons. The van der Waals surface area contributed by atoms with E-state index in [9.17, 15) is 8.42 Å². The van der Waals surface area contributed by atoms with Gasteiger partial charge in [-0.15, -0.1) is 0 Å². The van der Waals surface area contributed by atoms with Crippen LogP contribution in [0.1, 0.15) is 12.5 Å². The highest BCUT2D eigenvalue weighted by atomic mass is 32.2. The van der Waals surface area contributed by atoms with E-state index < -0.39 is 10.0 Å². The molecule has 0 aliphatic heterocycles. The first kappa shape index (κ1) is 14.3. The Hall–Kier alpha value is -2.14. The molecule has 4 nitrogen and oxygen atoms in total. The molecule has 0 spiro atoms. The lowest BCUT2D eigenvalue weighted by Gasteiger charge is -2.05. The molecule has 104 valence electrons. The molecule has 0 unspecified atom stereocenters. The van der Waals surface area contributed by atoms with E-state index in [1.807, 2.05) is 30.3 Å². The number of nitrogens with zero attached hydrogens (tertiary/aromatic N) is 1. The summed E-state index contributed by atoms with van der Waals surface area (Å²) >= 11 is 0. The summed E-state index contributed by atoms with van der Waals surface area (Å²) in [4.78, 5) is 2.46. The smallest absolute Gasteiger partial charge is 0.200 e. The number of rotatable bonds is 5. The predicted octanol–water partition coefficient (Wildman–Crippen LogP) is 2.58. The molecule has 0 heterocycles. The summed E-state index contributed by atoms with van der Waals surface area (Å²) < 4.78 is 23.9. The van der Waals surface area contributed by atoms with Crippen molar-refractivity contribution in [3.63, 3.8) is 0 Å². The van der Waals surface area contributed by atoms with Crippen LogP contribution in [0.4, 0.5) is 0 Å². The molecule has 0 fully saturated rings. The van der Waals surface area contributed by atoms with Gasteiger partial charge in [-0.2, -0.15) is 13.5 Å². The normalized spacial score (nSPS) is 12.2. The topological polar surface area (TPSA) is 58.5 Å². The zero-order chi connectivity index (χ0) is 14.4. The van der Waals surface area contributed by atoms with Crippen LogP contribution in [0, 0.1) is 0 Å². The Morgan fingerprint density at radius 2 is 1.55 bits per heavy atom. The van der Waals surface area contributed by atoms with Crippen molar-refractivity contribution < 1.29 is 8.42 Å². The second kappa shape index (κ2) is 6.34. The quantitative estimate of drug-likeness (QED) is 0.679. The van der Waals surface area contributed by atoms with Crippen LogP contribution < -0.4 is 4.83 Å². The summed E-state index contributed by atoms with van der Waals surface area (Å²) in [7, 11) is -3.59. The van der Waals surface area contributed by atoms with Crippen LogP contribution in [0.2, 0.25) is 0 Å². The van der Waals surface area contributed by atoms with Gasteiger partial charge in [0.2, 0.25) is 0 Å². The summed E-state index contributed by atoms with van der Waals surface area (Å²) in [5, 5.41) is 3.95. The summed E-state index contributed by atoms with van der Waals surface area (Å²) in [5.41, 5.74) is 1.79. The lowest BCUT2D eigenvalue weighted by molar-refractivity contribution is 0.584. The third-order valence-electron chi connectivity index (χ3n) is 2.71. The molecule has 0 aromatic heterocycles. The maximum atomic E-state index is 12.0. The van der Waals surface area contributed by atoms with Gasteiger partial charge in [0.25, 0.3) is 10.0 Å². The molecule has 0 aliphatic rings. The number of nitrogens with one attached hydrogen (secondary N) is 1. The number of hydrogen-bond acceptors (Lipinski definition) is 3. The molecule has 2 rings (SSSR count). The van der Waals surface area contributed by atoms with E-state index in [4.69, 9.17) is 0 Å². The fourth-order valence-electron chi connectivity index (χ4n) is 1.72. The van der Waals surface area contributed by atoms with Crippen molar-refractivity contribution in [3.05, 3.63) is 66.2 Å². The van der Waals surface area contributed by atoms with Crippen LogP contribution in [0.15, 0.2) is 70.7 Å². The van der Waals surface area contributed by atoms with E-state index in [-0.39, 0.29) is 4.90 Å². The first-order valence-corrected chi connectivity index (χ1v) is 7.70. The molecule has 5 heteroatoms. The monoisotopic (exact) mass is 288 g/mol. The van der Waals surface area contributed by atoms with Crippen molar-refractivity contribution in [2.24, 2.45) is 5.10 Å². The van der Waals surface area contributed by atoms with Crippen LogP contribution in [-0.4, -0.2) is 14.1 Å². The first-order chi connectivity index (χ1) is 9.58. The maximum absolute atomic E-state index is 12.0. The fraction of sp³-hybridized carbons (Fsp3) is 0.133. The fourth-order valence-corrected chi connectivity index (χ4v) is 2.62. The molecule has 0 aliphatic carbocycles. The summed E-state index contributed by atoms with van der Waals surface area (Å²) in [5.74, 6) is 0. The van der Waals surface area contributed by atoms with E-state index in [0.717, 1.165) is 5.56 Å².